The summed E-state index contributed by atoms with van der Waals surface area (Å²) < 4.78 is 10.3. The number of rotatable bonds is 3. The second-order valence-corrected chi connectivity index (χ2v) is 3.25. The number of fused-ring (bicyclic) bond motifs is 1. The Morgan fingerprint density at radius 2 is 2.25 bits per heavy atom. The van der Waals surface area contributed by atoms with Crippen molar-refractivity contribution in [1.29, 1.82) is 0 Å². The molecule has 0 fully saturated rings. The van der Waals surface area contributed by atoms with Crippen LogP contribution in [0.2, 0.25) is 0 Å². The zero-order valence-corrected chi connectivity index (χ0v) is 9.25. The van der Waals surface area contributed by atoms with Crippen LogP contribution in [0.1, 0.15) is 0 Å². The molecule has 1 aromatic carbocycles. The third kappa shape index (κ3) is 1.81. The first-order chi connectivity index (χ1) is 7.76. The second-order valence-electron chi connectivity index (χ2n) is 3.04. The average Bonchev–Trinajstić information content (AvgIpc) is 2.29. The van der Waals surface area contributed by atoms with E-state index in [2.05, 4.69) is 10.2 Å². The Balaban J connectivity index is 2.70. The lowest BCUT2D eigenvalue weighted by Gasteiger charge is -2.09. The molecule has 0 radical (unpaired) electrons. The van der Waals surface area contributed by atoms with Gasteiger partial charge in [0.1, 0.15) is 0 Å². The number of nitrogens with zero attached hydrogens (tertiary/aromatic N) is 1. The van der Waals surface area contributed by atoms with Gasteiger partial charge in [0.05, 0.1) is 24.2 Å². The highest BCUT2D eigenvalue weighted by Crippen LogP contribution is 2.30. The number of hydrogen-bond donors (Lipinski definition) is 1. The minimum atomic E-state index is -0.176. The fourth-order valence-corrected chi connectivity index (χ4v) is 1.53. The quantitative estimate of drug-likeness (QED) is 0.826. The van der Waals surface area contributed by atoms with Gasteiger partial charge in [0.25, 0.3) is 0 Å². The molecule has 1 heterocycles. The number of aromatic amines is 1. The highest BCUT2D eigenvalue weighted by molar-refractivity contribution is 6.17. The molecule has 0 saturated carbocycles. The largest absolute Gasteiger partial charge is 0.493 e. The molecular weight excluding hydrogens is 232 g/mol. The summed E-state index contributed by atoms with van der Waals surface area (Å²) >= 11 is 5.48. The first-order valence-electron chi connectivity index (χ1n) is 4.50. The highest BCUT2D eigenvalue weighted by Gasteiger charge is 2.08. The number of H-pyrrole nitrogens is 1. The molecule has 5 nitrogen and oxygen atoms in total. The van der Waals surface area contributed by atoms with Crippen molar-refractivity contribution in [2.45, 2.75) is 0 Å². The predicted octanol–water partition coefficient (Wildman–Crippen LogP) is 1.51. The van der Waals surface area contributed by atoms with Crippen molar-refractivity contribution in [1.82, 2.24) is 10.2 Å². The topological polar surface area (TPSA) is 64.2 Å². The molecule has 6 heteroatoms. The number of nitrogens with one attached hydrogen (secondary N) is 1. The third-order valence-corrected chi connectivity index (χ3v) is 2.26. The van der Waals surface area contributed by atoms with Gasteiger partial charge in [-0.3, -0.25) is 9.89 Å². The number of alkyl halides is 1. The summed E-state index contributed by atoms with van der Waals surface area (Å²) in [6, 6.07) is 3.23. The number of ether oxygens (including phenoxy) is 2. The van der Waals surface area contributed by atoms with Gasteiger partial charge in [-0.2, -0.15) is 5.10 Å². The van der Waals surface area contributed by atoms with Crippen LogP contribution in [-0.4, -0.2) is 23.4 Å². The molecule has 2 rings (SSSR count). The summed E-state index contributed by atoms with van der Waals surface area (Å²) in [6.07, 6.45) is 1.21. The maximum absolute atomic E-state index is 11.5. The predicted molar refractivity (Wildman–Crippen MR) is 60.3 cm³/mol. The van der Waals surface area contributed by atoms with Crippen LogP contribution < -0.4 is 14.9 Å². The Morgan fingerprint density at radius 3 is 2.94 bits per heavy atom. The molecule has 0 unspecified atom stereocenters. The van der Waals surface area contributed by atoms with Gasteiger partial charge >= 0.3 is 0 Å². The van der Waals surface area contributed by atoms with E-state index >= 15 is 0 Å². The number of hydrogen-bond acceptors (Lipinski definition) is 4. The first-order valence-corrected chi connectivity index (χ1v) is 5.04. The summed E-state index contributed by atoms with van der Waals surface area (Å²) in [6.45, 7) is 0. The van der Waals surface area contributed by atoms with Gasteiger partial charge in [-0.25, -0.2) is 0 Å². The summed E-state index contributed by atoms with van der Waals surface area (Å²) in [5, 5.41) is 6.91. The Hall–Kier alpha value is -1.75. The van der Waals surface area contributed by atoms with Crippen molar-refractivity contribution in [3.63, 3.8) is 0 Å². The summed E-state index contributed by atoms with van der Waals surface area (Å²) in [5.74, 6) is 0.929. The lowest BCUT2D eigenvalue weighted by molar-refractivity contribution is 0.342. The molecule has 1 N–H and O–H groups in total. The lowest BCUT2D eigenvalue weighted by atomic mass is 10.2. The van der Waals surface area contributed by atoms with Crippen LogP contribution in [0.25, 0.3) is 10.9 Å². The van der Waals surface area contributed by atoms with Crippen molar-refractivity contribution < 1.29 is 9.47 Å². The Labute approximate surface area is 95.9 Å². The van der Waals surface area contributed by atoms with E-state index in [1.807, 2.05) is 0 Å². The van der Waals surface area contributed by atoms with E-state index in [0.717, 1.165) is 0 Å². The molecular formula is C10H9ClN2O3. The van der Waals surface area contributed by atoms with E-state index < -0.39 is 0 Å². The minimum Gasteiger partial charge on any atom is -0.493 e. The van der Waals surface area contributed by atoms with Crippen molar-refractivity contribution in [3.05, 3.63) is 28.6 Å². The van der Waals surface area contributed by atoms with Gasteiger partial charge in [-0.05, 0) is 6.07 Å². The smallest absolute Gasteiger partial charge is 0.208 e. The zero-order valence-electron chi connectivity index (χ0n) is 8.49. The SMILES string of the molecule is COc1cc2c(=O)cn[nH]c2cc1OCCl. The number of benzene rings is 1. The zero-order chi connectivity index (χ0) is 11.5. The van der Waals surface area contributed by atoms with E-state index in [4.69, 9.17) is 21.1 Å². The van der Waals surface area contributed by atoms with Crippen molar-refractivity contribution in [2.24, 2.45) is 0 Å². The van der Waals surface area contributed by atoms with Crippen LogP contribution in [0.15, 0.2) is 23.1 Å². The molecule has 84 valence electrons. The molecule has 0 bridgehead atoms. The van der Waals surface area contributed by atoms with Crippen LogP contribution in [0.5, 0.6) is 11.5 Å². The van der Waals surface area contributed by atoms with E-state index in [-0.39, 0.29) is 11.5 Å². The molecule has 0 amide bonds. The van der Waals surface area contributed by atoms with Crippen molar-refractivity contribution >= 4 is 22.5 Å². The fraction of sp³-hybridized carbons (Fsp3) is 0.200. The monoisotopic (exact) mass is 240 g/mol. The fourth-order valence-electron chi connectivity index (χ4n) is 1.42. The standard InChI is InChI=1S/C10H9ClN2O3/c1-15-9-2-6-7(3-10(9)16-5-11)13-12-4-8(6)14/h2-4H,5H2,1H3,(H,13,14). The van der Waals surface area contributed by atoms with E-state index in [9.17, 15) is 4.79 Å². The van der Waals surface area contributed by atoms with Gasteiger partial charge < -0.3 is 9.47 Å². The molecule has 16 heavy (non-hydrogen) atoms. The van der Waals surface area contributed by atoms with Crippen LogP contribution in [0.3, 0.4) is 0 Å². The molecule has 0 saturated heterocycles. The molecule has 0 aliphatic carbocycles. The Morgan fingerprint density at radius 1 is 1.44 bits per heavy atom. The number of halogens is 1. The van der Waals surface area contributed by atoms with Crippen molar-refractivity contribution in [2.75, 3.05) is 13.2 Å². The van der Waals surface area contributed by atoms with Crippen LogP contribution >= 0.6 is 11.6 Å². The molecule has 2 aromatic rings. The molecule has 0 spiro atoms. The summed E-state index contributed by atoms with van der Waals surface area (Å²) in [4.78, 5) is 11.5. The maximum Gasteiger partial charge on any atom is 0.208 e. The Kier molecular flexibility index (Phi) is 2.96. The average molecular weight is 241 g/mol. The number of methoxy groups -OCH3 is 1. The van der Waals surface area contributed by atoms with E-state index in [0.29, 0.717) is 22.4 Å². The maximum atomic E-state index is 11.5. The third-order valence-electron chi connectivity index (χ3n) is 2.15. The molecule has 0 aliphatic heterocycles. The van der Waals surface area contributed by atoms with E-state index in [1.54, 1.807) is 12.1 Å². The lowest BCUT2D eigenvalue weighted by Crippen LogP contribution is -2.04. The molecule has 0 aliphatic rings. The molecule has 1 aromatic heterocycles. The first kappa shape index (κ1) is 10.8. The van der Waals surface area contributed by atoms with Gasteiger partial charge in [-0.1, -0.05) is 11.6 Å². The van der Waals surface area contributed by atoms with Crippen LogP contribution in [-0.2, 0) is 0 Å². The Bertz CT molecular complexity index is 567. The van der Waals surface area contributed by atoms with Gasteiger partial charge in [-0.15, -0.1) is 0 Å². The van der Waals surface area contributed by atoms with E-state index in [1.165, 1.54) is 13.3 Å². The second kappa shape index (κ2) is 4.40. The minimum absolute atomic E-state index is 0.00631. The normalized spacial score (nSPS) is 10.4. The highest BCUT2D eigenvalue weighted by atomic mass is 35.5. The summed E-state index contributed by atoms with van der Waals surface area (Å²) in [7, 11) is 1.50. The molecule has 0 atom stereocenters. The van der Waals surface area contributed by atoms with Gasteiger partial charge in [0, 0.05) is 6.07 Å². The van der Waals surface area contributed by atoms with Gasteiger partial charge in [0.2, 0.25) is 5.43 Å². The van der Waals surface area contributed by atoms with Gasteiger partial charge in [0.15, 0.2) is 17.6 Å². The van der Waals surface area contributed by atoms with Crippen LogP contribution in [0.4, 0.5) is 0 Å². The van der Waals surface area contributed by atoms with Crippen LogP contribution in [0, 0.1) is 0 Å². The summed E-state index contributed by atoms with van der Waals surface area (Å²) in [5.41, 5.74) is 0.401. The number of aromatic nitrogens is 2. The van der Waals surface area contributed by atoms with Crippen molar-refractivity contribution in [3.8, 4) is 11.5 Å².